The first-order chi connectivity index (χ1) is 14.8. The summed E-state index contributed by atoms with van der Waals surface area (Å²) in [5, 5.41) is 21.4. The second-order valence-electron chi connectivity index (χ2n) is 7.79. The highest BCUT2D eigenvalue weighted by Gasteiger charge is 2.71. The Hall–Kier alpha value is -2.71. The van der Waals surface area contributed by atoms with E-state index in [1.807, 2.05) is 0 Å². The summed E-state index contributed by atoms with van der Waals surface area (Å²) in [6, 6.07) is 1.74. The molecule has 2 amide bonds. The number of thiazole rings is 1. The Morgan fingerprint density at radius 3 is 2.06 bits per heavy atom. The van der Waals surface area contributed by atoms with Crippen LogP contribution in [0.2, 0.25) is 0 Å². The van der Waals surface area contributed by atoms with Gasteiger partial charge in [-0.2, -0.15) is 26.3 Å². The van der Waals surface area contributed by atoms with Gasteiger partial charge < -0.3 is 21.3 Å². The number of aliphatic hydroxyl groups is 2. The number of nitrogens with two attached hydrogens (primary N) is 1. The monoisotopic (exact) mass is 499 g/mol. The first-order valence-corrected chi connectivity index (χ1v) is 9.90. The van der Waals surface area contributed by atoms with E-state index in [0.717, 1.165) is 13.0 Å². The first-order valence-electron chi connectivity index (χ1n) is 9.08. The molecule has 5 N–H and O–H groups in total. The molecule has 182 valence electrons. The van der Waals surface area contributed by atoms with E-state index in [1.165, 1.54) is 13.8 Å². The van der Waals surface area contributed by atoms with Crippen LogP contribution in [-0.2, 0) is 5.60 Å². The van der Waals surface area contributed by atoms with Gasteiger partial charge in [0.05, 0.1) is 10.5 Å². The Bertz CT molecular complexity index is 1060. The van der Waals surface area contributed by atoms with Gasteiger partial charge >= 0.3 is 12.4 Å². The van der Waals surface area contributed by atoms with Crippen molar-refractivity contribution in [1.29, 1.82) is 0 Å². The zero-order valence-corrected chi connectivity index (χ0v) is 18.2. The molecule has 0 aliphatic heterocycles. The quantitative estimate of drug-likeness (QED) is 0.455. The SMILES string of the molecule is Cc1cc(C(O)(C(F)(F)F)C(F)(F)F)ccc1-c1sc(C(=O)NCC(C)(C)O)nc1C(N)=O. The Morgan fingerprint density at radius 1 is 1.09 bits per heavy atom. The van der Waals surface area contributed by atoms with Crippen LogP contribution in [0.3, 0.4) is 0 Å². The molecular weight excluding hydrogens is 480 g/mol. The van der Waals surface area contributed by atoms with Crippen molar-refractivity contribution >= 4 is 23.2 Å². The normalized spacial score (nSPS) is 13.2. The summed E-state index contributed by atoms with van der Waals surface area (Å²) < 4.78 is 79.0. The van der Waals surface area contributed by atoms with Crippen molar-refractivity contribution in [3.8, 4) is 10.4 Å². The molecule has 2 aromatic rings. The lowest BCUT2D eigenvalue weighted by Crippen LogP contribution is -2.53. The minimum atomic E-state index is -6.06. The molecule has 0 saturated carbocycles. The minimum Gasteiger partial charge on any atom is -0.389 e. The maximum absolute atomic E-state index is 13.2. The zero-order valence-electron chi connectivity index (χ0n) is 17.4. The van der Waals surface area contributed by atoms with E-state index in [-0.39, 0.29) is 27.6 Å². The standard InChI is InChI=1S/C19H19F6N3O4S/c1-8-6-9(17(32,18(20,21)22)19(23,24)25)4-5-10(8)12-11(13(26)29)28-15(33-12)14(30)27-7-16(2,3)31/h4-6,31-32H,7H2,1-3H3,(H2,26,29)(H,27,30). The Labute approximate surface area is 187 Å². The number of primary amides is 1. The van der Waals surface area contributed by atoms with Gasteiger partial charge in [0.1, 0.15) is 5.69 Å². The van der Waals surface area contributed by atoms with Crippen LogP contribution in [-0.4, -0.2) is 51.5 Å². The summed E-state index contributed by atoms with van der Waals surface area (Å²) in [6.07, 6.45) is -12.1. The van der Waals surface area contributed by atoms with Crippen LogP contribution in [0.1, 0.15) is 45.3 Å². The molecule has 0 unspecified atom stereocenters. The molecule has 1 aromatic carbocycles. The molecule has 0 fully saturated rings. The van der Waals surface area contributed by atoms with Crippen molar-refractivity contribution in [2.75, 3.05) is 6.54 Å². The van der Waals surface area contributed by atoms with Crippen LogP contribution >= 0.6 is 11.3 Å². The van der Waals surface area contributed by atoms with Gasteiger partial charge in [-0.25, -0.2) is 4.98 Å². The largest absolute Gasteiger partial charge is 0.430 e. The van der Waals surface area contributed by atoms with Gasteiger partial charge in [-0.1, -0.05) is 18.2 Å². The van der Waals surface area contributed by atoms with Gasteiger partial charge in [-0.15, -0.1) is 11.3 Å². The van der Waals surface area contributed by atoms with E-state index in [9.17, 15) is 46.1 Å². The number of aromatic nitrogens is 1. The number of carbonyl (C=O) groups is 2. The maximum atomic E-state index is 13.2. The Balaban J connectivity index is 2.57. The molecule has 0 radical (unpaired) electrons. The highest BCUT2D eigenvalue weighted by atomic mass is 32.1. The number of hydrogen-bond acceptors (Lipinski definition) is 6. The number of rotatable bonds is 6. The number of nitrogens with zero attached hydrogens (tertiary/aromatic N) is 1. The fourth-order valence-corrected chi connectivity index (χ4v) is 3.85. The average molecular weight is 499 g/mol. The summed E-state index contributed by atoms with van der Waals surface area (Å²) in [7, 11) is 0. The molecule has 7 nitrogen and oxygen atoms in total. The molecule has 0 aliphatic rings. The smallest absolute Gasteiger partial charge is 0.389 e. The minimum absolute atomic E-state index is 0.0155. The number of hydrogen-bond donors (Lipinski definition) is 4. The van der Waals surface area contributed by atoms with E-state index in [4.69, 9.17) is 5.73 Å². The topological polar surface area (TPSA) is 126 Å². The molecule has 2 rings (SSSR count). The lowest BCUT2D eigenvalue weighted by molar-refractivity contribution is -0.376. The predicted octanol–water partition coefficient (Wildman–Crippen LogP) is 3.03. The summed E-state index contributed by atoms with van der Waals surface area (Å²) in [5.74, 6) is -1.87. The molecular formula is C19H19F6N3O4S. The highest BCUT2D eigenvalue weighted by molar-refractivity contribution is 7.17. The van der Waals surface area contributed by atoms with Crippen LogP contribution in [0.4, 0.5) is 26.3 Å². The van der Waals surface area contributed by atoms with E-state index in [0.29, 0.717) is 23.5 Å². The third-order valence-corrected chi connectivity index (χ3v) is 5.53. The number of benzene rings is 1. The fraction of sp³-hybridized carbons (Fsp3) is 0.421. The van der Waals surface area contributed by atoms with Crippen molar-refractivity contribution in [3.05, 3.63) is 40.0 Å². The molecule has 1 aromatic heterocycles. The summed E-state index contributed by atoms with van der Waals surface area (Å²) in [5.41, 5.74) is -3.20. The van der Waals surface area contributed by atoms with Gasteiger partial charge in [0.15, 0.2) is 5.01 Å². The average Bonchev–Trinajstić information content (AvgIpc) is 3.08. The van der Waals surface area contributed by atoms with Crippen LogP contribution in [0.15, 0.2) is 18.2 Å². The highest BCUT2D eigenvalue weighted by Crippen LogP contribution is 2.50. The number of nitrogens with one attached hydrogen (secondary N) is 1. The third kappa shape index (κ3) is 5.28. The number of alkyl halides is 6. The summed E-state index contributed by atoms with van der Waals surface area (Å²) in [6.45, 7) is 3.82. The van der Waals surface area contributed by atoms with Crippen molar-refractivity contribution in [3.63, 3.8) is 0 Å². The van der Waals surface area contributed by atoms with Gasteiger partial charge in [0.2, 0.25) is 0 Å². The van der Waals surface area contributed by atoms with Gasteiger partial charge in [0, 0.05) is 12.1 Å². The Kier molecular flexibility index (Phi) is 6.90. The third-order valence-electron chi connectivity index (χ3n) is 4.45. The lowest BCUT2D eigenvalue weighted by Gasteiger charge is -2.33. The lowest BCUT2D eigenvalue weighted by atomic mass is 9.89. The van der Waals surface area contributed by atoms with Crippen LogP contribution in [0.25, 0.3) is 10.4 Å². The number of carbonyl (C=O) groups excluding carboxylic acids is 2. The molecule has 14 heteroatoms. The molecule has 1 heterocycles. The van der Waals surface area contributed by atoms with Crippen molar-refractivity contribution in [1.82, 2.24) is 10.3 Å². The van der Waals surface area contributed by atoms with Gasteiger partial charge in [-0.05, 0) is 31.9 Å². The van der Waals surface area contributed by atoms with E-state index >= 15 is 0 Å². The van der Waals surface area contributed by atoms with Gasteiger partial charge in [0.25, 0.3) is 17.4 Å². The predicted molar refractivity (Wildman–Crippen MR) is 105 cm³/mol. The van der Waals surface area contributed by atoms with Crippen LogP contribution < -0.4 is 11.1 Å². The Morgan fingerprint density at radius 2 is 1.64 bits per heavy atom. The second kappa shape index (κ2) is 8.57. The summed E-state index contributed by atoms with van der Waals surface area (Å²) in [4.78, 5) is 27.8. The van der Waals surface area contributed by atoms with E-state index in [2.05, 4.69) is 10.3 Å². The van der Waals surface area contributed by atoms with Crippen molar-refractivity contribution in [2.45, 2.75) is 44.3 Å². The van der Waals surface area contributed by atoms with Crippen molar-refractivity contribution in [2.24, 2.45) is 5.73 Å². The summed E-state index contributed by atoms with van der Waals surface area (Å²) >= 11 is 0.626. The zero-order chi connectivity index (χ0) is 25.6. The molecule has 0 spiro atoms. The van der Waals surface area contributed by atoms with E-state index in [1.54, 1.807) is 0 Å². The number of aryl methyl sites for hydroxylation is 1. The van der Waals surface area contributed by atoms with E-state index < -0.39 is 46.6 Å². The molecule has 0 saturated heterocycles. The van der Waals surface area contributed by atoms with Gasteiger partial charge in [-0.3, -0.25) is 9.59 Å². The van der Waals surface area contributed by atoms with Crippen LogP contribution in [0.5, 0.6) is 0 Å². The van der Waals surface area contributed by atoms with Crippen LogP contribution in [0, 0.1) is 6.92 Å². The maximum Gasteiger partial charge on any atom is 0.430 e. The molecule has 0 aliphatic carbocycles. The first kappa shape index (κ1) is 26.5. The number of amides is 2. The number of halogens is 6. The molecule has 33 heavy (non-hydrogen) atoms. The second-order valence-corrected chi connectivity index (χ2v) is 8.79. The fourth-order valence-electron chi connectivity index (χ4n) is 2.77. The molecule has 0 bridgehead atoms. The van der Waals surface area contributed by atoms with Crippen molar-refractivity contribution < 1.29 is 46.1 Å². The molecule has 0 atom stereocenters.